The zero-order chi connectivity index (χ0) is 23.4. The monoisotopic (exact) mass is 510 g/mol. The van der Waals surface area contributed by atoms with Gasteiger partial charge in [-0.2, -0.15) is 18.2 Å². The lowest BCUT2D eigenvalue weighted by Crippen LogP contribution is -2.04. The van der Waals surface area contributed by atoms with Crippen LogP contribution >= 0.6 is 34.8 Å². The number of anilines is 2. The molecule has 0 fully saturated rings. The minimum atomic E-state index is -4.40. The highest BCUT2D eigenvalue weighted by molar-refractivity contribution is 6.66. The van der Waals surface area contributed by atoms with Gasteiger partial charge in [0.05, 0.1) is 22.3 Å². The molecule has 5 rings (SSSR count). The van der Waals surface area contributed by atoms with E-state index < -0.39 is 15.5 Å². The highest BCUT2D eigenvalue weighted by atomic mass is 35.6. The molecule has 0 aliphatic heterocycles. The van der Waals surface area contributed by atoms with Crippen molar-refractivity contribution in [2.45, 2.75) is 9.97 Å². The van der Waals surface area contributed by atoms with Crippen molar-refractivity contribution in [2.24, 2.45) is 0 Å². The molecule has 0 atom stereocenters. The molecule has 33 heavy (non-hydrogen) atoms. The summed E-state index contributed by atoms with van der Waals surface area (Å²) in [5, 5.41) is 7.39. The van der Waals surface area contributed by atoms with Gasteiger partial charge in [0.25, 0.3) is 0 Å². The topological polar surface area (TPSA) is 70.9 Å². The molecule has 168 valence electrons. The van der Waals surface area contributed by atoms with Crippen molar-refractivity contribution in [3.63, 3.8) is 0 Å². The molecule has 5 aromatic rings. The number of imidazole rings is 1. The molecule has 0 amide bonds. The average molecular weight is 512 g/mol. The molecule has 6 nitrogen and oxygen atoms in total. The molecule has 0 radical (unpaired) electrons. The molecule has 0 bridgehead atoms. The molecular weight excluding hydrogens is 500 g/mol. The molecule has 0 aliphatic rings. The quantitative estimate of drug-likeness (QED) is 0.260. The summed E-state index contributed by atoms with van der Waals surface area (Å²) in [6, 6.07) is 15.6. The van der Waals surface area contributed by atoms with Crippen LogP contribution in [0.1, 0.15) is 11.4 Å². The Morgan fingerprint density at radius 3 is 2.36 bits per heavy atom. The minimum Gasteiger partial charge on any atom is -0.338 e. The Morgan fingerprint density at radius 1 is 0.909 bits per heavy atom. The number of hydrogen-bond donors (Lipinski definition) is 2. The molecule has 2 aromatic carbocycles. The fourth-order valence-electron chi connectivity index (χ4n) is 3.35. The summed E-state index contributed by atoms with van der Waals surface area (Å²) in [5.74, 6) is 0.449. The van der Waals surface area contributed by atoms with Crippen LogP contribution in [0.5, 0.6) is 0 Å². The van der Waals surface area contributed by atoms with Crippen LogP contribution in [0.3, 0.4) is 0 Å². The van der Waals surface area contributed by atoms with Crippen molar-refractivity contribution in [3.05, 3.63) is 72.1 Å². The first kappa shape index (κ1) is 21.8. The van der Waals surface area contributed by atoms with Gasteiger partial charge in [-0.25, -0.2) is 9.50 Å². The lowest BCUT2D eigenvalue weighted by Gasteiger charge is -2.07. The van der Waals surface area contributed by atoms with Gasteiger partial charge in [0.1, 0.15) is 0 Å². The largest absolute Gasteiger partial charge is 0.416 e. The van der Waals surface area contributed by atoms with Crippen molar-refractivity contribution >= 4 is 63.1 Å². The lowest BCUT2D eigenvalue weighted by molar-refractivity contribution is -0.137. The van der Waals surface area contributed by atoms with Crippen molar-refractivity contribution < 1.29 is 13.2 Å². The third kappa shape index (κ3) is 4.31. The normalized spacial score (nSPS) is 12.5. The van der Waals surface area contributed by atoms with Crippen LogP contribution in [0, 0.1) is 0 Å². The van der Waals surface area contributed by atoms with E-state index in [1.54, 1.807) is 16.6 Å². The number of nitrogens with zero attached hydrogens (tertiary/aromatic N) is 4. The molecule has 3 heterocycles. The predicted octanol–water partition coefficient (Wildman–Crippen LogP) is 6.86. The maximum atomic E-state index is 12.8. The Bertz CT molecular complexity index is 1470. The van der Waals surface area contributed by atoms with Crippen molar-refractivity contribution in [1.82, 2.24) is 24.6 Å². The third-order valence-electron chi connectivity index (χ3n) is 4.87. The van der Waals surface area contributed by atoms with E-state index in [0.717, 1.165) is 23.4 Å². The van der Waals surface area contributed by atoms with E-state index >= 15 is 0 Å². The van der Waals surface area contributed by atoms with Gasteiger partial charge in [-0.1, -0.05) is 46.9 Å². The number of benzene rings is 2. The van der Waals surface area contributed by atoms with Gasteiger partial charge in [-0.15, -0.1) is 5.10 Å². The second-order valence-electron chi connectivity index (χ2n) is 7.13. The van der Waals surface area contributed by atoms with Crippen molar-refractivity contribution in [2.75, 3.05) is 5.32 Å². The van der Waals surface area contributed by atoms with E-state index in [2.05, 4.69) is 25.4 Å². The molecule has 12 heteroatoms. The van der Waals surface area contributed by atoms with Gasteiger partial charge in [0, 0.05) is 11.3 Å². The maximum Gasteiger partial charge on any atom is 0.416 e. The second-order valence-corrected chi connectivity index (χ2v) is 9.41. The van der Waals surface area contributed by atoms with Crippen LogP contribution in [-0.4, -0.2) is 24.6 Å². The summed E-state index contributed by atoms with van der Waals surface area (Å²) >= 11 is 17.8. The average Bonchev–Trinajstić information content (AvgIpc) is 3.36. The zero-order valence-electron chi connectivity index (χ0n) is 16.3. The first-order valence-corrected chi connectivity index (χ1v) is 10.6. The van der Waals surface area contributed by atoms with Gasteiger partial charge in [0.2, 0.25) is 9.74 Å². The minimum absolute atomic E-state index is 0.210. The summed E-state index contributed by atoms with van der Waals surface area (Å²) in [5.41, 5.74) is 3.09. The fraction of sp³-hybridized carbons (Fsp3) is 0.0952. The standard InChI is InChI=1S/C21H12Cl3F3N6/c22-20(23,24)18-29-14-9-4-11(10-15(14)30-18)16-2-1-3-17-31-19(32-33(16)17)28-13-7-5-12(6-8-13)21(25,26)27/h1-10H,(H,28,32)(H,29,30). The van der Waals surface area contributed by atoms with Gasteiger partial charge in [0.15, 0.2) is 11.5 Å². The Kier molecular flexibility index (Phi) is 5.15. The molecule has 3 aromatic heterocycles. The molecule has 0 aliphatic carbocycles. The van der Waals surface area contributed by atoms with E-state index in [4.69, 9.17) is 34.8 Å². The predicted molar refractivity (Wildman–Crippen MR) is 122 cm³/mol. The number of hydrogen-bond acceptors (Lipinski definition) is 4. The second kappa shape index (κ2) is 7.79. The number of aromatic amines is 1. The highest BCUT2D eigenvalue weighted by Crippen LogP contribution is 2.37. The van der Waals surface area contributed by atoms with Crippen molar-refractivity contribution in [1.29, 1.82) is 0 Å². The van der Waals surface area contributed by atoms with Gasteiger partial charge in [-0.3, -0.25) is 0 Å². The molecule has 0 saturated heterocycles. The zero-order valence-corrected chi connectivity index (χ0v) is 18.6. The molecule has 2 N–H and O–H groups in total. The number of aromatic nitrogens is 5. The van der Waals surface area contributed by atoms with Crippen LogP contribution in [0.2, 0.25) is 0 Å². The maximum absolute atomic E-state index is 12.8. The van der Waals surface area contributed by atoms with E-state index in [1.165, 1.54) is 12.1 Å². The number of fused-ring (bicyclic) bond motifs is 2. The highest BCUT2D eigenvalue weighted by Gasteiger charge is 2.30. The van der Waals surface area contributed by atoms with E-state index in [1.807, 2.05) is 24.3 Å². The van der Waals surface area contributed by atoms with Crippen LogP contribution in [0.4, 0.5) is 24.8 Å². The Hall–Kier alpha value is -3.01. The van der Waals surface area contributed by atoms with Gasteiger partial charge >= 0.3 is 6.18 Å². The van der Waals surface area contributed by atoms with Gasteiger partial charge < -0.3 is 10.3 Å². The van der Waals surface area contributed by atoms with E-state index in [9.17, 15) is 13.2 Å². The number of pyridine rings is 1. The van der Waals surface area contributed by atoms with Gasteiger partial charge in [-0.05, 0) is 48.5 Å². The van der Waals surface area contributed by atoms with Crippen LogP contribution in [0.25, 0.3) is 27.9 Å². The van der Waals surface area contributed by atoms with E-state index in [0.29, 0.717) is 22.4 Å². The molecular formula is C21H12Cl3F3N6. The number of halogens is 6. The number of nitrogens with one attached hydrogen (secondary N) is 2. The first-order valence-electron chi connectivity index (χ1n) is 9.45. The Balaban J connectivity index is 1.49. The Labute approximate surface area is 199 Å². The van der Waals surface area contributed by atoms with Crippen LogP contribution in [0.15, 0.2) is 60.7 Å². The number of alkyl halides is 6. The third-order valence-corrected chi connectivity index (χ3v) is 5.41. The van der Waals surface area contributed by atoms with Crippen LogP contribution in [-0.2, 0) is 9.97 Å². The lowest BCUT2D eigenvalue weighted by atomic mass is 10.1. The number of H-pyrrole nitrogens is 1. The summed E-state index contributed by atoms with van der Waals surface area (Å²) < 4.78 is 38.3. The van der Waals surface area contributed by atoms with E-state index in [-0.39, 0.29) is 11.8 Å². The smallest absolute Gasteiger partial charge is 0.338 e. The summed E-state index contributed by atoms with van der Waals surface area (Å²) in [7, 11) is 0. The molecule has 0 unspecified atom stereocenters. The summed E-state index contributed by atoms with van der Waals surface area (Å²) in [6.07, 6.45) is -4.40. The fourth-order valence-corrected chi connectivity index (χ4v) is 3.62. The molecule has 0 spiro atoms. The summed E-state index contributed by atoms with van der Waals surface area (Å²) in [4.78, 5) is 11.7. The summed E-state index contributed by atoms with van der Waals surface area (Å²) in [6.45, 7) is 0. The van der Waals surface area contributed by atoms with Crippen LogP contribution < -0.4 is 5.32 Å². The first-order chi connectivity index (χ1) is 15.6. The number of rotatable bonds is 3. The molecule has 0 saturated carbocycles. The van der Waals surface area contributed by atoms with Crippen molar-refractivity contribution in [3.8, 4) is 11.3 Å². The Morgan fingerprint density at radius 2 is 1.67 bits per heavy atom. The SMILES string of the molecule is FC(F)(F)c1ccc(Nc2nc3cccc(-c4ccc5nc(C(Cl)(Cl)Cl)[nH]c5c4)n3n2)cc1.